The molecule has 1 aromatic carbocycles. The van der Waals surface area contributed by atoms with Gasteiger partial charge in [-0.05, 0) is 18.2 Å². The first-order valence-electron chi connectivity index (χ1n) is 5.07. The SMILES string of the molecule is O=C(NCCOCCO)c1cc(Cl)ccc1Cl. The molecule has 0 unspecified atom stereocenters. The standard InChI is InChI=1S/C11H13Cl2NO3/c12-8-1-2-10(13)9(7-8)11(16)14-3-5-17-6-4-15/h1-2,7,15H,3-6H2,(H,14,16). The maximum atomic E-state index is 11.7. The summed E-state index contributed by atoms with van der Waals surface area (Å²) in [5, 5.41) is 11.9. The Hall–Kier alpha value is -0.810. The van der Waals surface area contributed by atoms with Gasteiger partial charge in [-0.15, -0.1) is 0 Å². The number of carbonyl (C=O) groups excluding carboxylic acids is 1. The van der Waals surface area contributed by atoms with Crippen molar-refractivity contribution >= 4 is 29.1 Å². The van der Waals surface area contributed by atoms with Gasteiger partial charge in [-0.25, -0.2) is 0 Å². The lowest BCUT2D eigenvalue weighted by Crippen LogP contribution is -2.27. The molecule has 0 aliphatic carbocycles. The zero-order chi connectivity index (χ0) is 12.7. The molecule has 2 N–H and O–H groups in total. The van der Waals surface area contributed by atoms with Crippen molar-refractivity contribution < 1.29 is 14.6 Å². The van der Waals surface area contributed by atoms with Crippen LogP contribution in [0.5, 0.6) is 0 Å². The molecule has 0 radical (unpaired) electrons. The summed E-state index contributed by atoms with van der Waals surface area (Å²) in [4.78, 5) is 11.7. The van der Waals surface area contributed by atoms with E-state index in [4.69, 9.17) is 33.0 Å². The molecule has 0 aliphatic heterocycles. The molecule has 1 amide bonds. The molecule has 0 fully saturated rings. The molecule has 6 heteroatoms. The molecular formula is C11H13Cl2NO3. The fourth-order valence-corrected chi connectivity index (χ4v) is 1.55. The Bertz CT molecular complexity index is 385. The predicted molar refractivity (Wildman–Crippen MR) is 66.7 cm³/mol. The van der Waals surface area contributed by atoms with Crippen LogP contribution in [0.25, 0.3) is 0 Å². The molecule has 94 valence electrons. The molecule has 17 heavy (non-hydrogen) atoms. The second-order valence-electron chi connectivity index (χ2n) is 3.22. The average molecular weight is 278 g/mol. The number of amides is 1. The van der Waals surface area contributed by atoms with E-state index in [2.05, 4.69) is 5.32 Å². The third kappa shape index (κ3) is 4.91. The van der Waals surface area contributed by atoms with E-state index in [-0.39, 0.29) is 19.1 Å². The zero-order valence-electron chi connectivity index (χ0n) is 9.08. The Kier molecular flexibility index (Phi) is 6.29. The van der Waals surface area contributed by atoms with Gasteiger partial charge in [0.2, 0.25) is 0 Å². The fraction of sp³-hybridized carbons (Fsp3) is 0.364. The first-order chi connectivity index (χ1) is 8.15. The Morgan fingerprint density at radius 3 is 2.82 bits per heavy atom. The summed E-state index contributed by atoms with van der Waals surface area (Å²) in [6, 6.07) is 4.69. The largest absolute Gasteiger partial charge is 0.394 e. The van der Waals surface area contributed by atoms with Crippen LogP contribution in [0, 0.1) is 0 Å². The number of carbonyl (C=O) groups is 1. The number of halogens is 2. The van der Waals surface area contributed by atoms with E-state index < -0.39 is 0 Å². The summed E-state index contributed by atoms with van der Waals surface area (Å²) in [5.74, 6) is -0.301. The first-order valence-corrected chi connectivity index (χ1v) is 5.82. The minimum absolute atomic E-state index is 0.0337. The van der Waals surface area contributed by atoms with Crippen molar-refractivity contribution in [1.29, 1.82) is 0 Å². The monoisotopic (exact) mass is 277 g/mol. The van der Waals surface area contributed by atoms with Crippen LogP contribution in [-0.4, -0.2) is 37.4 Å². The molecule has 0 aliphatic rings. The van der Waals surface area contributed by atoms with Crippen LogP contribution in [-0.2, 0) is 4.74 Å². The lowest BCUT2D eigenvalue weighted by molar-refractivity contribution is 0.0838. The highest BCUT2D eigenvalue weighted by molar-refractivity contribution is 6.35. The van der Waals surface area contributed by atoms with E-state index in [9.17, 15) is 4.79 Å². The summed E-state index contributed by atoms with van der Waals surface area (Å²) in [6.07, 6.45) is 0. The van der Waals surface area contributed by atoms with Crippen LogP contribution in [0.4, 0.5) is 0 Å². The van der Waals surface area contributed by atoms with Crippen molar-refractivity contribution in [3.8, 4) is 0 Å². The van der Waals surface area contributed by atoms with Crippen LogP contribution in [0.2, 0.25) is 10.0 Å². The van der Waals surface area contributed by atoms with Gasteiger partial charge in [0.1, 0.15) is 0 Å². The predicted octanol–water partition coefficient (Wildman–Crippen LogP) is 1.73. The van der Waals surface area contributed by atoms with Gasteiger partial charge in [-0.2, -0.15) is 0 Å². The Morgan fingerprint density at radius 1 is 1.35 bits per heavy atom. The van der Waals surface area contributed by atoms with Crippen molar-refractivity contribution in [3.05, 3.63) is 33.8 Å². The van der Waals surface area contributed by atoms with Crippen LogP contribution in [0.3, 0.4) is 0 Å². The van der Waals surface area contributed by atoms with Gasteiger partial charge in [-0.3, -0.25) is 4.79 Å². The normalized spacial score (nSPS) is 10.3. The third-order valence-corrected chi connectivity index (χ3v) is 2.51. The molecule has 0 saturated heterocycles. The number of hydrogen-bond donors (Lipinski definition) is 2. The maximum absolute atomic E-state index is 11.7. The Balaban J connectivity index is 2.44. The number of hydrogen-bond acceptors (Lipinski definition) is 3. The van der Waals surface area contributed by atoms with Crippen molar-refractivity contribution in [2.24, 2.45) is 0 Å². The van der Waals surface area contributed by atoms with E-state index in [0.717, 1.165) is 0 Å². The minimum atomic E-state index is -0.301. The average Bonchev–Trinajstić information content (AvgIpc) is 2.32. The molecule has 1 rings (SSSR count). The quantitative estimate of drug-likeness (QED) is 0.779. The minimum Gasteiger partial charge on any atom is -0.394 e. The molecule has 1 aromatic rings. The van der Waals surface area contributed by atoms with Crippen LogP contribution in [0.1, 0.15) is 10.4 Å². The summed E-state index contributed by atoms with van der Waals surface area (Å²) >= 11 is 11.6. The van der Waals surface area contributed by atoms with Gasteiger partial charge in [0.05, 0.1) is 30.4 Å². The number of ether oxygens (including phenoxy) is 1. The third-order valence-electron chi connectivity index (χ3n) is 1.94. The van der Waals surface area contributed by atoms with Crippen LogP contribution in [0.15, 0.2) is 18.2 Å². The number of benzene rings is 1. The fourth-order valence-electron chi connectivity index (χ4n) is 1.17. The number of nitrogens with one attached hydrogen (secondary N) is 1. The van der Waals surface area contributed by atoms with Gasteiger partial charge in [0, 0.05) is 11.6 Å². The Morgan fingerprint density at radius 2 is 2.12 bits per heavy atom. The lowest BCUT2D eigenvalue weighted by atomic mass is 10.2. The van der Waals surface area contributed by atoms with Gasteiger partial charge in [0.15, 0.2) is 0 Å². The van der Waals surface area contributed by atoms with Crippen molar-refractivity contribution in [1.82, 2.24) is 5.32 Å². The second-order valence-corrected chi connectivity index (χ2v) is 4.06. The van der Waals surface area contributed by atoms with Gasteiger partial charge >= 0.3 is 0 Å². The molecular weight excluding hydrogens is 265 g/mol. The van der Waals surface area contributed by atoms with Gasteiger partial charge < -0.3 is 15.2 Å². The highest BCUT2D eigenvalue weighted by Crippen LogP contribution is 2.20. The van der Waals surface area contributed by atoms with Crippen molar-refractivity contribution in [3.63, 3.8) is 0 Å². The molecule has 0 saturated carbocycles. The van der Waals surface area contributed by atoms with Crippen molar-refractivity contribution in [2.45, 2.75) is 0 Å². The number of aliphatic hydroxyl groups excluding tert-OH is 1. The van der Waals surface area contributed by atoms with Crippen molar-refractivity contribution in [2.75, 3.05) is 26.4 Å². The van der Waals surface area contributed by atoms with E-state index >= 15 is 0 Å². The summed E-state index contributed by atoms with van der Waals surface area (Å²) in [5.41, 5.74) is 0.335. The highest BCUT2D eigenvalue weighted by atomic mass is 35.5. The van der Waals surface area contributed by atoms with E-state index in [1.807, 2.05) is 0 Å². The van der Waals surface area contributed by atoms with Gasteiger partial charge in [0.25, 0.3) is 5.91 Å². The lowest BCUT2D eigenvalue weighted by Gasteiger charge is -2.07. The molecule has 4 nitrogen and oxygen atoms in total. The smallest absolute Gasteiger partial charge is 0.252 e. The first kappa shape index (κ1) is 14.3. The zero-order valence-corrected chi connectivity index (χ0v) is 10.6. The van der Waals surface area contributed by atoms with E-state index in [0.29, 0.717) is 28.8 Å². The van der Waals surface area contributed by atoms with E-state index in [1.54, 1.807) is 12.1 Å². The van der Waals surface area contributed by atoms with Gasteiger partial charge in [-0.1, -0.05) is 23.2 Å². The summed E-state index contributed by atoms with van der Waals surface area (Å²) in [6.45, 7) is 0.911. The second kappa shape index (κ2) is 7.50. The van der Waals surface area contributed by atoms with Crippen LogP contribution >= 0.6 is 23.2 Å². The molecule has 0 spiro atoms. The summed E-state index contributed by atoms with van der Waals surface area (Å²) in [7, 11) is 0. The molecule has 0 atom stereocenters. The number of rotatable bonds is 6. The maximum Gasteiger partial charge on any atom is 0.252 e. The molecule has 0 bridgehead atoms. The molecule has 0 heterocycles. The van der Waals surface area contributed by atoms with E-state index in [1.165, 1.54) is 6.07 Å². The van der Waals surface area contributed by atoms with Crippen LogP contribution < -0.4 is 5.32 Å². The Labute approximate surface area is 109 Å². The summed E-state index contributed by atoms with van der Waals surface area (Å²) < 4.78 is 5.00. The topological polar surface area (TPSA) is 58.6 Å². The number of aliphatic hydroxyl groups is 1. The molecule has 0 aromatic heterocycles. The highest BCUT2D eigenvalue weighted by Gasteiger charge is 2.09.